The summed E-state index contributed by atoms with van der Waals surface area (Å²) in [4.78, 5) is 17.3. The number of nitrogens with one attached hydrogen (secondary N) is 1. The van der Waals surface area contributed by atoms with Crippen LogP contribution < -0.4 is 15.0 Å². The van der Waals surface area contributed by atoms with Gasteiger partial charge in [0, 0.05) is 38.4 Å². The van der Waals surface area contributed by atoms with Crippen LogP contribution in [0.15, 0.2) is 77.7 Å². The predicted molar refractivity (Wildman–Crippen MR) is 151 cm³/mol. The summed E-state index contributed by atoms with van der Waals surface area (Å²) in [6, 6.07) is 21.8. The van der Waals surface area contributed by atoms with Crippen LogP contribution in [0.1, 0.15) is 22.0 Å². The number of piperazine rings is 1. The van der Waals surface area contributed by atoms with Gasteiger partial charge in [0.1, 0.15) is 5.75 Å². The van der Waals surface area contributed by atoms with Crippen LogP contribution >= 0.6 is 11.6 Å². The number of ether oxygens (including phenoxy) is 1. The number of carbonyl (C=O) groups excluding carboxylic acids is 1. The molecule has 0 spiro atoms. The van der Waals surface area contributed by atoms with E-state index < -0.39 is 15.9 Å². The number of para-hydroxylation sites is 1. The second-order valence-electron chi connectivity index (χ2n) is 9.33. The van der Waals surface area contributed by atoms with Crippen molar-refractivity contribution in [3.63, 3.8) is 0 Å². The van der Waals surface area contributed by atoms with E-state index in [-0.39, 0.29) is 21.5 Å². The molecule has 1 atom stereocenters. The molecule has 0 unspecified atom stereocenters. The molecule has 0 bridgehead atoms. The first-order valence-corrected chi connectivity index (χ1v) is 14.2. The lowest BCUT2D eigenvalue weighted by atomic mass is 10.1. The topological polar surface area (TPSA) is 82.2 Å². The van der Waals surface area contributed by atoms with Crippen molar-refractivity contribution in [1.29, 1.82) is 0 Å². The summed E-state index contributed by atoms with van der Waals surface area (Å²) in [7, 11) is 1.68. The first kappa shape index (κ1) is 27.9. The van der Waals surface area contributed by atoms with Gasteiger partial charge in [0.05, 0.1) is 28.6 Å². The number of likely N-dealkylation sites (N-methyl/N-ethyl adjacent to an activating group) is 1. The number of benzene rings is 3. The van der Waals surface area contributed by atoms with Gasteiger partial charge in [-0.05, 0) is 62.1 Å². The fraction of sp³-hybridized carbons (Fsp3) is 0.321. The van der Waals surface area contributed by atoms with E-state index >= 15 is 0 Å². The lowest BCUT2D eigenvalue weighted by Crippen LogP contribution is -2.48. The molecule has 0 aromatic heterocycles. The maximum Gasteiger partial charge on any atom is 0.252 e. The van der Waals surface area contributed by atoms with Gasteiger partial charge in [-0.15, -0.1) is 0 Å². The van der Waals surface area contributed by atoms with Gasteiger partial charge >= 0.3 is 0 Å². The molecule has 1 saturated heterocycles. The Morgan fingerprint density at radius 1 is 1.00 bits per heavy atom. The van der Waals surface area contributed by atoms with E-state index in [1.54, 1.807) is 7.11 Å². The lowest BCUT2D eigenvalue weighted by molar-refractivity contribution is 0.0942. The average Bonchev–Trinajstić information content (AvgIpc) is 2.94. The van der Waals surface area contributed by atoms with E-state index in [4.69, 9.17) is 16.3 Å². The van der Waals surface area contributed by atoms with Crippen molar-refractivity contribution in [1.82, 2.24) is 14.5 Å². The van der Waals surface area contributed by atoms with Crippen LogP contribution in [0.25, 0.3) is 0 Å². The summed E-state index contributed by atoms with van der Waals surface area (Å²) in [6.45, 7) is 2.19. The van der Waals surface area contributed by atoms with Crippen LogP contribution in [0.2, 0.25) is 5.02 Å². The molecular formula is C28H33ClN4O4S. The Morgan fingerprint density at radius 3 is 2.26 bits per heavy atom. The quantitative estimate of drug-likeness (QED) is 0.430. The van der Waals surface area contributed by atoms with Gasteiger partial charge in [-0.1, -0.05) is 41.9 Å². The molecule has 0 radical (unpaired) electrons. The number of halogens is 1. The number of hydrogen-bond donors (Lipinski definition) is 1. The number of anilines is 1. The Labute approximate surface area is 229 Å². The van der Waals surface area contributed by atoms with E-state index in [1.807, 2.05) is 73.6 Å². The molecular weight excluding hydrogens is 524 g/mol. The molecule has 1 aliphatic rings. The van der Waals surface area contributed by atoms with Crippen molar-refractivity contribution < 1.29 is 17.9 Å². The van der Waals surface area contributed by atoms with E-state index in [1.165, 1.54) is 22.5 Å². The molecule has 10 heteroatoms. The third-order valence-electron chi connectivity index (χ3n) is 6.76. The van der Waals surface area contributed by atoms with Gasteiger partial charge in [0.15, 0.2) is 0 Å². The van der Waals surface area contributed by atoms with Crippen LogP contribution in [0.3, 0.4) is 0 Å². The number of methoxy groups -OCH3 is 1. The minimum atomic E-state index is -3.79. The van der Waals surface area contributed by atoms with Gasteiger partial charge in [-0.3, -0.25) is 4.79 Å². The molecule has 1 heterocycles. The van der Waals surface area contributed by atoms with Crippen LogP contribution in [0.5, 0.6) is 5.75 Å². The number of sulfonamides is 1. The number of nitrogens with zero attached hydrogens (tertiary/aromatic N) is 3. The highest BCUT2D eigenvalue weighted by Crippen LogP contribution is 2.26. The molecule has 38 heavy (non-hydrogen) atoms. The Balaban J connectivity index is 1.45. The third-order valence-corrected chi connectivity index (χ3v) is 8.98. The fourth-order valence-corrected chi connectivity index (χ4v) is 6.17. The van der Waals surface area contributed by atoms with Crippen molar-refractivity contribution in [2.24, 2.45) is 0 Å². The number of carbonyl (C=O) groups is 1. The van der Waals surface area contributed by atoms with Crippen LogP contribution in [-0.2, 0) is 10.0 Å². The molecule has 1 N–H and O–H groups in total. The number of rotatable bonds is 9. The zero-order chi connectivity index (χ0) is 27.3. The second-order valence-corrected chi connectivity index (χ2v) is 11.7. The first-order chi connectivity index (χ1) is 18.2. The molecule has 8 nitrogen and oxygen atoms in total. The molecule has 3 aromatic carbocycles. The number of hydrogen-bond acceptors (Lipinski definition) is 6. The highest BCUT2D eigenvalue weighted by Gasteiger charge is 2.30. The maximum atomic E-state index is 13.4. The minimum Gasteiger partial charge on any atom is -0.497 e. The molecule has 1 fully saturated rings. The zero-order valence-corrected chi connectivity index (χ0v) is 23.4. The van der Waals surface area contributed by atoms with Gasteiger partial charge in [0.25, 0.3) is 5.91 Å². The molecule has 1 amide bonds. The maximum absolute atomic E-state index is 13.4. The Kier molecular flexibility index (Phi) is 8.94. The fourth-order valence-electron chi connectivity index (χ4n) is 4.52. The molecule has 0 saturated carbocycles. The monoisotopic (exact) mass is 556 g/mol. The molecule has 0 aliphatic carbocycles. The summed E-state index contributed by atoms with van der Waals surface area (Å²) in [5, 5.41) is 3.11. The van der Waals surface area contributed by atoms with Crippen molar-refractivity contribution in [3.8, 4) is 5.75 Å². The Bertz CT molecular complexity index is 1340. The van der Waals surface area contributed by atoms with Gasteiger partial charge < -0.3 is 19.9 Å². The van der Waals surface area contributed by atoms with E-state index in [0.717, 1.165) is 17.0 Å². The highest BCUT2D eigenvalue weighted by molar-refractivity contribution is 7.89. The highest BCUT2D eigenvalue weighted by atomic mass is 35.5. The SMILES string of the molecule is COc1ccc([C@H](CNC(=O)c2cc(S(=O)(=O)N3CCN(c4ccccc4)CC3)ccc2Cl)N(C)C)cc1. The summed E-state index contributed by atoms with van der Waals surface area (Å²) >= 11 is 6.34. The normalized spacial score (nSPS) is 15.3. The molecule has 4 rings (SSSR count). The smallest absolute Gasteiger partial charge is 0.252 e. The number of amides is 1. The summed E-state index contributed by atoms with van der Waals surface area (Å²) in [6.07, 6.45) is 0. The Morgan fingerprint density at radius 2 is 1.66 bits per heavy atom. The van der Waals surface area contributed by atoms with Gasteiger partial charge in [-0.2, -0.15) is 4.31 Å². The van der Waals surface area contributed by atoms with Crippen molar-refractivity contribution >= 4 is 33.2 Å². The van der Waals surface area contributed by atoms with Crippen LogP contribution in [-0.4, -0.2) is 77.5 Å². The van der Waals surface area contributed by atoms with Crippen LogP contribution in [0, 0.1) is 0 Å². The standard InChI is InChI=1S/C28H33ClN4O4S/c1-31(2)27(21-9-11-23(37-3)12-10-21)20-30-28(34)25-19-24(13-14-26(25)29)38(35,36)33-17-15-32(16-18-33)22-7-5-4-6-8-22/h4-14,19,27H,15-18,20H2,1-3H3,(H,30,34)/t27-/m0/s1. The summed E-state index contributed by atoms with van der Waals surface area (Å²) < 4.78 is 33.5. The largest absolute Gasteiger partial charge is 0.497 e. The van der Waals surface area contributed by atoms with E-state index in [2.05, 4.69) is 10.2 Å². The van der Waals surface area contributed by atoms with Crippen molar-refractivity contribution in [2.75, 3.05) is 58.8 Å². The van der Waals surface area contributed by atoms with Crippen molar-refractivity contribution in [2.45, 2.75) is 10.9 Å². The minimum absolute atomic E-state index is 0.0551. The third kappa shape index (κ3) is 6.30. The Hall–Kier alpha value is -3.11. The molecule has 3 aromatic rings. The van der Waals surface area contributed by atoms with Gasteiger partial charge in [0.2, 0.25) is 10.0 Å². The second kappa shape index (κ2) is 12.2. The predicted octanol–water partition coefficient (Wildman–Crippen LogP) is 3.89. The summed E-state index contributed by atoms with van der Waals surface area (Å²) in [5.74, 6) is 0.322. The molecule has 202 valence electrons. The van der Waals surface area contributed by atoms with Crippen LogP contribution in [0.4, 0.5) is 5.69 Å². The first-order valence-electron chi connectivity index (χ1n) is 12.4. The van der Waals surface area contributed by atoms with Gasteiger partial charge in [-0.25, -0.2) is 8.42 Å². The van der Waals surface area contributed by atoms with E-state index in [9.17, 15) is 13.2 Å². The van der Waals surface area contributed by atoms with E-state index in [0.29, 0.717) is 32.7 Å². The lowest BCUT2D eigenvalue weighted by Gasteiger charge is -2.35. The summed E-state index contributed by atoms with van der Waals surface area (Å²) in [5.41, 5.74) is 2.21. The van der Waals surface area contributed by atoms with Crippen molar-refractivity contribution in [3.05, 3.63) is 88.9 Å². The molecule has 1 aliphatic heterocycles. The zero-order valence-electron chi connectivity index (χ0n) is 21.8. The average molecular weight is 557 g/mol.